The molecule has 0 saturated heterocycles. The number of ether oxygens (including phenoxy) is 1. The summed E-state index contributed by atoms with van der Waals surface area (Å²) in [5, 5.41) is 9.06. The molecule has 0 aliphatic heterocycles. The highest BCUT2D eigenvalue weighted by Gasteiger charge is 2.19. The second kappa shape index (κ2) is 5.90. The molecule has 17 heavy (non-hydrogen) atoms. The lowest BCUT2D eigenvalue weighted by Crippen LogP contribution is -2.07. The number of allylic oxidation sites excluding steroid dienone is 1. The Bertz CT molecular complexity index is 450. The largest absolute Gasteiger partial charge is 0.465 e. The smallest absolute Gasteiger partial charge is 0.349 e. The van der Waals surface area contributed by atoms with Crippen LogP contribution in [0.4, 0.5) is 0 Å². The van der Waals surface area contributed by atoms with Gasteiger partial charge in [-0.3, -0.25) is 0 Å². The summed E-state index contributed by atoms with van der Waals surface area (Å²) in [6.45, 7) is 4.02. The van der Waals surface area contributed by atoms with Crippen LogP contribution in [-0.4, -0.2) is 13.1 Å². The lowest BCUT2D eigenvalue weighted by atomic mass is 9.96. The standard InChI is InChI=1S/C13H15NO3/c1-9(2)7-10(12-5-4-6-17-12)11(8-14)13(15)16-3/h4-6,9H,7H2,1-3H3/b11-10-. The molecule has 0 atom stereocenters. The Hall–Kier alpha value is -2.02. The van der Waals surface area contributed by atoms with E-state index in [2.05, 4.69) is 4.74 Å². The molecule has 4 heteroatoms. The molecule has 0 spiro atoms. The molecule has 0 aliphatic rings. The van der Waals surface area contributed by atoms with Crippen molar-refractivity contribution in [1.29, 1.82) is 5.26 Å². The van der Waals surface area contributed by atoms with Gasteiger partial charge in [0.15, 0.2) is 0 Å². The molecular formula is C13H15NO3. The number of carbonyl (C=O) groups is 1. The zero-order valence-corrected chi connectivity index (χ0v) is 10.2. The monoisotopic (exact) mass is 233 g/mol. The first kappa shape index (κ1) is 13.0. The minimum absolute atomic E-state index is 0.0103. The van der Waals surface area contributed by atoms with Crippen molar-refractivity contribution in [3.63, 3.8) is 0 Å². The van der Waals surface area contributed by atoms with Crippen LogP contribution >= 0.6 is 0 Å². The summed E-state index contributed by atoms with van der Waals surface area (Å²) in [6, 6.07) is 5.35. The van der Waals surface area contributed by atoms with Gasteiger partial charge in [0.05, 0.1) is 13.4 Å². The van der Waals surface area contributed by atoms with Gasteiger partial charge in [0, 0.05) is 5.57 Å². The van der Waals surface area contributed by atoms with Gasteiger partial charge in [0.1, 0.15) is 17.4 Å². The molecule has 1 rings (SSSR count). The summed E-state index contributed by atoms with van der Waals surface area (Å²) in [5.74, 6) is 0.225. The van der Waals surface area contributed by atoms with Crippen LogP contribution in [0, 0.1) is 17.2 Å². The van der Waals surface area contributed by atoms with Crippen molar-refractivity contribution in [1.82, 2.24) is 0 Å². The first-order valence-corrected chi connectivity index (χ1v) is 5.35. The fourth-order valence-electron chi connectivity index (χ4n) is 1.52. The normalized spacial score (nSPS) is 11.9. The fraction of sp³-hybridized carbons (Fsp3) is 0.385. The maximum Gasteiger partial charge on any atom is 0.349 e. The second-order valence-corrected chi connectivity index (χ2v) is 4.03. The Morgan fingerprint density at radius 1 is 1.59 bits per heavy atom. The number of nitriles is 1. The zero-order valence-electron chi connectivity index (χ0n) is 10.2. The van der Waals surface area contributed by atoms with E-state index in [9.17, 15) is 4.79 Å². The average Bonchev–Trinajstić information content (AvgIpc) is 2.81. The highest BCUT2D eigenvalue weighted by atomic mass is 16.5. The van der Waals surface area contributed by atoms with Gasteiger partial charge in [0.25, 0.3) is 0 Å². The van der Waals surface area contributed by atoms with E-state index in [4.69, 9.17) is 9.68 Å². The molecule has 0 saturated carbocycles. The van der Waals surface area contributed by atoms with Crippen LogP contribution < -0.4 is 0 Å². The van der Waals surface area contributed by atoms with Gasteiger partial charge in [-0.2, -0.15) is 5.26 Å². The molecule has 0 bridgehead atoms. The molecule has 1 aromatic rings. The average molecular weight is 233 g/mol. The van der Waals surface area contributed by atoms with E-state index in [1.54, 1.807) is 12.1 Å². The third-order valence-electron chi connectivity index (χ3n) is 2.23. The zero-order chi connectivity index (χ0) is 12.8. The van der Waals surface area contributed by atoms with Crippen molar-refractivity contribution in [3.8, 4) is 6.07 Å². The maximum absolute atomic E-state index is 11.5. The van der Waals surface area contributed by atoms with E-state index in [0.29, 0.717) is 23.7 Å². The Morgan fingerprint density at radius 3 is 2.71 bits per heavy atom. The summed E-state index contributed by atoms with van der Waals surface area (Å²) in [5.41, 5.74) is 0.607. The number of rotatable bonds is 4. The first-order chi connectivity index (χ1) is 8.10. The molecule has 0 aromatic carbocycles. The maximum atomic E-state index is 11.5. The van der Waals surface area contributed by atoms with Crippen LogP contribution in [0.25, 0.3) is 5.57 Å². The number of carbonyl (C=O) groups excluding carboxylic acids is 1. The van der Waals surface area contributed by atoms with Crippen molar-refractivity contribution in [2.24, 2.45) is 5.92 Å². The summed E-state index contributed by atoms with van der Waals surface area (Å²) < 4.78 is 9.86. The van der Waals surface area contributed by atoms with Gasteiger partial charge in [0.2, 0.25) is 0 Å². The van der Waals surface area contributed by atoms with Crippen LogP contribution in [-0.2, 0) is 9.53 Å². The number of hydrogen-bond acceptors (Lipinski definition) is 4. The van der Waals surface area contributed by atoms with E-state index < -0.39 is 5.97 Å². The van der Waals surface area contributed by atoms with E-state index in [0.717, 1.165) is 0 Å². The minimum Gasteiger partial charge on any atom is -0.465 e. The van der Waals surface area contributed by atoms with Gasteiger partial charge in [-0.05, 0) is 24.5 Å². The molecule has 0 fully saturated rings. The van der Waals surface area contributed by atoms with Crippen molar-refractivity contribution < 1.29 is 13.9 Å². The number of nitrogens with zero attached hydrogens (tertiary/aromatic N) is 1. The van der Waals surface area contributed by atoms with Crippen LogP contribution in [0.2, 0.25) is 0 Å². The molecule has 0 N–H and O–H groups in total. The predicted molar refractivity (Wildman–Crippen MR) is 62.7 cm³/mol. The van der Waals surface area contributed by atoms with Crippen LogP contribution in [0.15, 0.2) is 28.4 Å². The highest BCUT2D eigenvalue weighted by Crippen LogP contribution is 2.26. The topological polar surface area (TPSA) is 63.2 Å². The number of methoxy groups -OCH3 is 1. The molecule has 4 nitrogen and oxygen atoms in total. The lowest BCUT2D eigenvalue weighted by molar-refractivity contribution is -0.135. The molecule has 0 radical (unpaired) electrons. The molecule has 1 aromatic heterocycles. The van der Waals surface area contributed by atoms with Crippen molar-refractivity contribution >= 4 is 11.5 Å². The van der Waals surface area contributed by atoms with Crippen LogP contribution in [0.3, 0.4) is 0 Å². The second-order valence-electron chi connectivity index (χ2n) is 4.03. The molecular weight excluding hydrogens is 218 g/mol. The number of hydrogen-bond donors (Lipinski definition) is 0. The Kier molecular flexibility index (Phi) is 4.53. The van der Waals surface area contributed by atoms with E-state index in [1.165, 1.54) is 13.4 Å². The Morgan fingerprint density at radius 2 is 2.29 bits per heavy atom. The molecule has 0 amide bonds. The number of furan rings is 1. The highest BCUT2D eigenvalue weighted by molar-refractivity contribution is 6.01. The predicted octanol–water partition coefficient (Wildman–Crippen LogP) is 2.78. The van der Waals surface area contributed by atoms with Crippen molar-refractivity contribution in [3.05, 3.63) is 29.7 Å². The molecule has 90 valence electrons. The van der Waals surface area contributed by atoms with Crippen molar-refractivity contribution in [2.45, 2.75) is 20.3 Å². The molecule has 1 heterocycles. The van der Waals surface area contributed by atoms with Gasteiger partial charge in [-0.1, -0.05) is 13.8 Å². The van der Waals surface area contributed by atoms with E-state index in [-0.39, 0.29) is 5.57 Å². The quantitative estimate of drug-likeness (QED) is 0.455. The van der Waals surface area contributed by atoms with Crippen molar-refractivity contribution in [2.75, 3.05) is 7.11 Å². The third kappa shape index (κ3) is 3.22. The fourth-order valence-corrected chi connectivity index (χ4v) is 1.52. The van der Waals surface area contributed by atoms with E-state index in [1.807, 2.05) is 19.9 Å². The summed E-state index contributed by atoms with van der Waals surface area (Å²) >= 11 is 0. The summed E-state index contributed by atoms with van der Waals surface area (Å²) in [6.07, 6.45) is 2.10. The lowest BCUT2D eigenvalue weighted by Gasteiger charge is -2.09. The molecule has 0 aliphatic carbocycles. The first-order valence-electron chi connectivity index (χ1n) is 5.35. The van der Waals surface area contributed by atoms with Crippen LogP contribution in [0.5, 0.6) is 0 Å². The Balaban J connectivity index is 3.25. The summed E-state index contributed by atoms with van der Waals surface area (Å²) in [4.78, 5) is 11.5. The van der Waals surface area contributed by atoms with Gasteiger partial charge in [-0.25, -0.2) is 4.79 Å². The van der Waals surface area contributed by atoms with E-state index >= 15 is 0 Å². The summed E-state index contributed by atoms with van der Waals surface area (Å²) in [7, 11) is 1.26. The molecule has 0 unspecified atom stereocenters. The van der Waals surface area contributed by atoms with Gasteiger partial charge >= 0.3 is 5.97 Å². The third-order valence-corrected chi connectivity index (χ3v) is 2.23. The SMILES string of the molecule is COC(=O)/C(C#N)=C(/CC(C)C)c1ccco1. The number of esters is 1. The van der Waals surface area contributed by atoms with Gasteiger partial charge < -0.3 is 9.15 Å². The Labute approximate surface area is 100 Å². The van der Waals surface area contributed by atoms with Gasteiger partial charge in [-0.15, -0.1) is 0 Å². The minimum atomic E-state index is -0.625. The van der Waals surface area contributed by atoms with Crippen LogP contribution in [0.1, 0.15) is 26.0 Å².